The van der Waals surface area contributed by atoms with Crippen LogP contribution in [0.15, 0.2) is 49.3 Å². The van der Waals surface area contributed by atoms with E-state index >= 15 is 0 Å². The zero-order chi connectivity index (χ0) is 14.6. The summed E-state index contributed by atoms with van der Waals surface area (Å²) in [6.07, 6.45) is 0. The number of halogens is 1. The first-order valence-electron chi connectivity index (χ1n) is 5.92. The van der Waals surface area contributed by atoms with E-state index in [1.807, 2.05) is 19.1 Å². The summed E-state index contributed by atoms with van der Waals surface area (Å²) >= 11 is 6.11. The van der Waals surface area contributed by atoms with Gasteiger partial charge in [-0.15, -0.1) is 23.1 Å². The molecule has 2 rings (SSSR count). The number of thioether (sulfide) groups is 1. The average molecular weight is 392 g/mol. The second-order valence-corrected chi connectivity index (χ2v) is 9.74. The van der Waals surface area contributed by atoms with Crippen molar-refractivity contribution in [1.82, 2.24) is 4.72 Å². The Hall–Kier alpha value is -0.340. The molecule has 0 saturated heterocycles. The van der Waals surface area contributed by atoms with Crippen LogP contribution in [0.1, 0.15) is 5.56 Å². The van der Waals surface area contributed by atoms with Gasteiger partial charge in [0.2, 0.25) is 10.0 Å². The van der Waals surface area contributed by atoms with E-state index in [0.29, 0.717) is 16.5 Å². The monoisotopic (exact) mass is 391 g/mol. The SMILES string of the molecule is Cc1ccc(SCCNS(=O)(=O)c2ccc(Br)s2)cc1. The number of hydrogen-bond acceptors (Lipinski definition) is 4. The zero-order valence-corrected chi connectivity index (χ0v) is 14.8. The highest BCUT2D eigenvalue weighted by Gasteiger charge is 2.15. The summed E-state index contributed by atoms with van der Waals surface area (Å²) in [4.78, 5) is 1.15. The van der Waals surface area contributed by atoms with Crippen molar-refractivity contribution in [3.8, 4) is 0 Å². The molecular weight excluding hydrogens is 378 g/mol. The van der Waals surface area contributed by atoms with Crippen molar-refractivity contribution in [2.45, 2.75) is 16.0 Å². The zero-order valence-electron chi connectivity index (χ0n) is 10.8. The molecular formula is C13H14BrNO2S3. The topological polar surface area (TPSA) is 46.2 Å². The van der Waals surface area contributed by atoms with Gasteiger partial charge in [0.1, 0.15) is 4.21 Å². The summed E-state index contributed by atoms with van der Waals surface area (Å²) in [5.41, 5.74) is 1.22. The number of sulfonamides is 1. The van der Waals surface area contributed by atoms with Gasteiger partial charge >= 0.3 is 0 Å². The molecule has 0 bridgehead atoms. The lowest BCUT2D eigenvalue weighted by Gasteiger charge is -2.05. The molecule has 7 heteroatoms. The van der Waals surface area contributed by atoms with Gasteiger partial charge in [0.05, 0.1) is 3.79 Å². The van der Waals surface area contributed by atoms with E-state index in [2.05, 4.69) is 32.8 Å². The molecule has 0 atom stereocenters. The quantitative estimate of drug-likeness (QED) is 0.599. The van der Waals surface area contributed by atoms with Crippen LogP contribution in [-0.2, 0) is 10.0 Å². The van der Waals surface area contributed by atoms with Crippen LogP contribution in [0.2, 0.25) is 0 Å². The third kappa shape index (κ3) is 4.60. The van der Waals surface area contributed by atoms with Crippen LogP contribution in [0.4, 0.5) is 0 Å². The molecule has 0 saturated carbocycles. The smallest absolute Gasteiger partial charge is 0.210 e. The molecule has 1 heterocycles. The van der Waals surface area contributed by atoms with E-state index in [4.69, 9.17) is 0 Å². The highest BCUT2D eigenvalue weighted by Crippen LogP contribution is 2.25. The molecule has 108 valence electrons. The Bertz CT molecular complexity index is 665. The predicted octanol–water partition coefficient (Wildman–Crippen LogP) is 3.89. The second-order valence-electron chi connectivity index (χ2n) is 4.12. The molecule has 0 radical (unpaired) electrons. The van der Waals surface area contributed by atoms with E-state index in [1.54, 1.807) is 23.9 Å². The lowest BCUT2D eigenvalue weighted by atomic mass is 10.2. The van der Waals surface area contributed by atoms with Gasteiger partial charge in [-0.05, 0) is 47.1 Å². The second kappa shape index (κ2) is 7.09. The molecule has 1 aromatic heterocycles. The maximum absolute atomic E-state index is 12.0. The third-order valence-electron chi connectivity index (χ3n) is 2.50. The van der Waals surface area contributed by atoms with Crippen molar-refractivity contribution in [3.05, 3.63) is 45.7 Å². The normalized spacial score (nSPS) is 11.7. The minimum absolute atomic E-state index is 0.338. The van der Waals surface area contributed by atoms with Crippen LogP contribution in [0.25, 0.3) is 0 Å². The number of aryl methyl sites for hydroxylation is 1. The Kier molecular flexibility index (Phi) is 5.68. The van der Waals surface area contributed by atoms with Crippen LogP contribution < -0.4 is 4.72 Å². The highest BCUT2D eigenvalue weighted by atomic mass is 79.9. The fraction of sp³-hybridized carbons (Fsp3) is 0.231. The molecule has 20 heavy (non-hydrogen) atoms. The number of benzene rings is 1. The molecule has 0 aliphatic carbocycles. The first kappa shape index (κ1) is 16.0. The van der Waals surface area contributed by atoms with Gasteiger partial charge in [0, 0.05) is 17.2 Å². The van der Waals surface area contributed by atoms with Gasteiger partial charge in [-0.2, -0.15) is 0 Å². The summed E-state index contributed by atoms with van der Waals surface area (Å²) in [6.45, 7) is 2.46. The summed E-state index contributed by atoms with van der Waals surface area (Å²) in [6, 6.07) is 11.5. The summed E-state index contributed by atoms with van der Waals surface area (Å²) in [5, 5.41) is 0. The van der Waals surface area contributed by atoms with Crippen molar-refractivity contribution in [1.29, 1.82) is 0 Å². The summed E-state index contributed by atoms with van der Waals surface area (Å²) < 4.78 is 27.7. The number of thiophene rings is 1. The summed E-state index contributed by atoms with van der Waals surface area (Å²) in [5.74, 6) is 0.703. The van der Waals surface area contributed by atoms with E-state index < -0.39 is 10.0 Å². The summed E-state index contributed by atoms with van der Waals surface area (Å²) in [7, 11) is -3.38. The fourth-order valence-corrected chi connectivity index (χ4v) is 5.48. The van der Waals surface area contributed by atoms with Gasteiger partial charge in [0.15, 0.2) is 0 Å². The Balaban J connectivity index is 1.82. The van der Waals surface area contributed by atoms with E-state index in [9.17, 15) is 8.42 Å². The lowest BCUT2D eigenvalue weighted by Crippen LogP contribution is -2.25. The van der Waals surface area contributed by atoms with E-state index in [0.717, 1.165) is 8.68 Å². The Morgan fingerprint density at radius 3 is 2.50 bits per heavy atom. The van der Waals surface area contributed by atoms with Crippen molar-refractivity contribution < 1.29 is 8.42 Å². The molecule has 0 aliphatic rings. The van der Waals surface area contributed by atoms with Crippen LogP contribution in [0.5, 0.6) is 0 Å². The molecule has 0 fully saturated rings. The minimum atomic E-state index is -3.38. The van der Waals surface area contributed by atoms with Crippen LogP contribution in [0, 0.1) is 6.92 Å². The van der Waals surface area contributed by atoms with Crippen molar-refractivity contribution in [3.63, 3.8) is 0 Å². The molecule has 3 nitrogen and oxygen atoms in total. The maximum Gasteiger partial charge on any atom is 0.250 e. The van der Waals surface area contributed by atoms with Crippen LogP contribution >= 0.6 is 39.0 Å². The lowest BCUT2D eigenvalue weighted by molar-refractivity contribution is 0.586. The molecule has 2 aromatic rings. The first-order chi connectivity index (χ1) is 9.47. The van der Waals surface area contributed by atoms with Crippen LogP contribution in [0.3, 0.4) is 0 Å². The molecule has 1 N–H and O–H groups in total. The molecule has 1 aromatic carbocycles. The molecule has 0 aliphatic heterocycles. The minimum Gasteiger partial charge on any atom is -0.210 e. The van der Waals surface area contributed by atoms with Crippen LogP contribution in [-0.4, -0.2) is 20.7 Å². The predicted molar refractivity (Wildman–Crippen MR) is 89.1 cm³/mol. The Labute approximate surface area is 136 Å². The Morgan fingerprint density at radius 1 is 1.20 bits per heavy atom. The first-order valence-corrected chi connectivity index (χ1v) is 10.00. The fourth-order valence-electron chi connectivity index (χ4n) is 1.49. The van der Waals surface area contributed by atoms with Crippen molar-refractivity contribution in [2.75, 3.05) is 12.3 Å². The standard InChI is InChI=1S/C13H14BrNO2S3/c1-10-2-4-11(5-3-10)18-9-8-15-20(16,17)13-7-6-12(14)19-13/h2-7,15H,8-9H2,1H3. The third-order valence-corrected chi connectivity index (χ3v) is 7.09. The van der Waals surface area contributed by atoms with Gasteiger partial charge in [-0.1, -0.05) is 17.7 Å². The molecule has 0 spiro atoms. The number of nitrogens with one attached hydrogen (secondary N) is 1. The highest BCUT2D eigenvalue weighted by molar-refractivity contribution is 9.11. The van der Waals surface area contributed by atoms with Crippen molar-refractivity contribution >= 4 is 49.1 Å². The van der Waals surface area contributed by atoms with E-state index in [1.165, 1.54) is 16.9 Å². The maximum atomic E-state index is 12.0. The van der Waals surface area contributed by atoms with E-state index in [-0.39, 0.29) is 0 Å². The van der Waals surface area contributed by atoms with Gasteiger partial charge in [-0.3, -0.25) is 0 Å². The Morgan fingerprint density at radius 2 is 1.90 bits per heavy atom. The van der Waals surface area contributed by atoms with Gasteiger partial charge < -0.3 is 0 Å². The molecule has 0 amide bonds. The number of hydrogen-bond donors (Lipinski definition) is 1. The number of rotatable bonds is 6. The average Bonchev–Trinajstić information content (AvgIpc) is 2.84. The van der Waals surface area contributed by atoms with Crippen molar-refractivity contribution in [2.24, 2.45) is 0 Å². The van der Waals surface area contributed by atoms with Gasteiger partial charge in [-0.25, -0.2) is 13.1 Å². The van der Waals surface area contributed by atoms with Gasteiger partial charge in [0.25, 0.3) is 0 Å². The largest absolute Gasteiger partial charge is 0.250 e. The molecule has 0 unspecified atom stereocenters.